The summed E-state index contributed by atoms with van der Waals surface area (Å²) in [6.07, 6.45) is -2.19. The molecule has 13 nitrogen and oxygen atoms in total. The number of nitrogens with one attached hydrogen (secondary N) is 1. The largest absolute Gasteiger partial charge is 0.510 e. The fraction of sp³-hybridized carbons (Fsp3) is 0.889. The van der Waals surface area contributed by atoms with Crippen LogP contribution in [-0.4, -0.2) is 75.2 Å². The van der Waals surface area contributed by atoms with Crippen LogP contribution in [0.4, 0.5) is 9.59 Å². The first kappa shape index (κ1) is 42.5. The van der Waals surface area contributed by atoms with Gasteiger partial charge < -0.3 is 28.2 Å². The van der Waals surface area contributed by atoms with Gasteiger partial charge in [-0.05, 0) is 59.3 Å². The zero-order valence-corrected chi connectivity index (χ0v) is 29.7. The monoisotopic (exact) mass is 647 g/mol. The van der Waals surface area contributed by atoms with Crippen molar-refractivity contribution < 1.29 is 56.2 Å². The molecule has 0 rings (SSSR count). The molecule has 0 aromatic heterocycles. The molecule has 42 heavy (non-hydrogen) atoms. The fourth-order valence-corrected chi connectivity index (χ4v) is 7.89. The molecular formula is C27H55NO12P2. The number of rotatable bonds is 14. The minimum absolute atomic E-state index is 0.0190. The van der Waals surface area contributed by atoms with Gasteiger partial charge in [0.15, 0.2) is 0 Å². The molecule has 0 radical (unpaired) electrons. The van der Waals surface area contributed by atoms with Gasteiger partial charge in [-0.1, -0.05) is 41.5 Å². The van der Waals surface area contributed by atoms with Gasteiger partial charge in [-0.2, -0.15) is 0 Å². The van der Waals surface area contributed by atoms with Crippen LogP contribution in [0.15, 0.2) is 0 Å². The van der Waals surface area contributed by atoms with E-state index in [4.69, 9.17) is 23.3 Å². The van der Waals surface area contributed by atoms with Gasteiger partial charge in [0.1, 0.15) is 13.3 Å². The van der Waals surface area contributed by atoms with Gasteiger partial charge in [-0.25, -0.2) is 9.59 Å². The third-order valence-corrected chi connectivity index (χ3v) is 8.95. The SMILES string of the molecule is CC(C)OC(=O)OCOP(=O)(CC(C)(C)C)OCOC(=O)OC(C)C.CC(C)OC(=O)[C@H](C)NP(C)(=O)CC(C)(C)C. The van der Waals surface area contributed by atoms with Gasteiger partial charge >= 0.3 is 25.9 Å². The van der Waals surface area contributed by atoms with Crippen LogP contribution in [0.2, 0.25) is 0 Å². The van der Waals surface area contributed by atoms with Gasteiger partial charge in [0.25, 0.3) is 0 Å². The highest BCUT2D eigenvalue weighted by Crippen LogP contribution is 2.52. The summed E-state index contributed by atoms with van der Waals surface area (Å²) in [5.74, 6) is -0.351. The molecule has 0 aliphatic carbocycles. The van der Waals surface area contributed by atoms with Gasteiger partial charge in [0.2, 0.25) is 13.6 Å². The van der Waals surface area contributed by atoms with Crippen molar-refractivity contribution in [1.82, 2.24) is 5.09 Å². The van der Waals surface area contributed by atoms with E-state index >= 15 is 0 Å². The first-order chi connectivity index (χ1) is 18.8. The van der Waals surface area contributed by atoms with Crippen LogP contribution >= 0.6 is 14.9 Å². The van der Waals surface area contributed by atoms with Crippen LogP contribution in [0, 0.1) is 10.8 Å². The second-order valence-corrected chi connectivity index (χ2v) is 17.9. The van der Waals surface area contributed by atoms with E-state index in [1.807, 2.05) is 41.5 Å². The molecule has 0 saturated carbocycles. The van der Waals surface area contributed by atoms with Crippen LogP contribution in [0.3, 0.4) is 0 Å². The predicted molar refractivity (Wildman–Crippen MR) is 161 cm³/mol. The van der Waals surface area contributed by atoms with Crippen molar-refractivity contribution in [2.75, 3.05) is 32.6 Å². The third-order valence-electron chi connectivity index (χ3n) is 4.13. The zero-order chi connectivity index (χ0) is 33.5. The first-order valence-electron chi connectivity index (χ1n) is 13.9. The molecule has 0 spiro atoms. The Bertz CT molecular complexity index is 891. The van der Waals surface area contributed by atoms with Crippen molar-refractivity contribution in [3.63, 3.8) is 0 Å². The number of carbonyl (C=O) groups excluding carboxylic acids is 3. The van der Waals surface area contributed by atoms with Crippen LogP contribution < -0.4 is 5.09 Å². The quantitative estimate of drug-likeness (QED) is 0.0875. The number of hydrogen-bond donors (Lipinski definition) is 1. The van der Waals surface area contributed by atoms with E-state index in [2.05, 4.69) is 14.6 Å². The molecule has 1 N–H and O–H groups in total. The molecule has 2 atom stereocenters. The lowest BCUT2D eigenvalue weighted by atomic mass is 10.0. The highest BCUT2D eigenvalue weighted by Gasteiger charge is 2.33. The summed E-state index contributed by atoms with van der Waals surface area (Å²) in [4.78, 5) is 34.2. The van der Waals surface area contributed by atoms with E-state index in [0.717, 1.165) is 0 Å². The summed E-state index contributed by atoms with van der Waals surface area (Å²) in [6, 6.07) is -0.532. The summed E-state index contributed by atoms with van der Waals surface area (Å²) >= 11 is 0. The summed E-state index contributed by atoms with van der Waals surface area (Å²) in [7, 11) is -6.21. The Morgan fingerprint density at radius 3 is 1.31 bits per heavy atom. The number of ether oxygens (including phenoxy) is 5. The van der Waals surface area contributed by atoms with E-state index in [9.17, 15) is 23.5 Å². The Labute approximate surface area is 252 Å². The minimum atomic E-state index is -3.69. The highest BCUT2D eigenvalue weighted by molar-refractivity contribution is 7.61. The average molecular weight is 648 g/mol. The van der Waals surface area contributed by atoms with Gasteiger partial charge in [0.05, 0.1) is 24.5 Å². The van der Waals surface area contributed by atoms with Crippen molar-refractivity contribution in [2.24, 2.45) is 10.8 Å². The smallest absolute Gasteiger partial charge is 0.462 e. The second-order valence-electron chi connectivity index (χ2n) is 13.1. The Morgan fingerprint density at radius 2 is 1.00 bits per heavy atom. The lowest BCUT2D eigenvalue weighted by molar-refractivity contribution is -0.148. The van der Waals surface area contributed by atoms with E-state index in [0.29, 0.717) is 6.16 Å². The van der Waals surface area contributed by atoms with Crippen LogP contribution in [0.5, 0.6) is 0 Å². The Morgan fingerprint density at radius 1 is 0.643 bits per heavy atom. The molecule has 1 unspecified atom stereocenters. The van der Waals surface area contributed by atoms with Crippen LogP contribution in [0.25, 0.3) is 0 Å². The lowest BCUT2D eigenvalue weighted by Crippen LogP contribution is -2.36. The Hall–Kier alpha value is -1.65. The second kappa shape index (κ2) is 18.9. The number of carbonyl (C=O) groups is 3. The number of esters is 1. The molecule has 0 amide bonds. The predicted octanol–water partition coefficient (Wildman–Crippen LogP) is 7.17. The van der Waals surface area contributed by atoms with E-state index in [1.54, 1.807) is 55.1 Å². The van der Waals surface area contributed by atoms with Crippen molar-refractivity contribution in [3.05, 3.63) is 0 Å². The molecule has 0 aromatic carbocycles. The average Bonchev–Trinajstić information content (AvgIpc) is 2.68. The van der Waals surface area contributed by atoms with Crippen molar-refractivity contribution >= 4 is 33.2 Å². The summed E-state index contributed by atoms with van der Waals surface area (Å²) in [5.41, 5.74) is -0.439. The molecule has 0 bridgehead atoms. The summed E-state index contributed by atoms with van der Waals surface area (Å²) < 4.78 is 59.2. The molecule has 0 aromatic rings. The maximum absolute atomic E-state index is 12.7. The van der Waals surface area contributed by atoms with E-state index in [-0.39, 0.29) is 35.9 Å². The summed E-state index contributed by atoms with van der Waals surface area (Å²) in [5, 5.41) is 2.90. The van der Waals surface area contributed by atoms with Gasteiger partial charge in [0, 0.05) is 12.8 Å². The lowest BCUT2D eigenvalue weighted by Gasteiger charge is -2.26. The molecule has 0 saturated heterocycles. The maximum atomic E-state index is 12.7. The third kappa shape index (κ3) is 26.0. The molecule has 15 heteroatoms. The molecule has 0 fully saturated rings. The maximum Gasteiger partial charge on any atom is 0.510 e. The van der Waals surface area contributed by atoms with E-state index in [1.165, 1.54) is 0 Å². The van der Waals surface area contributed by atoms with Crippen molar-refractivity contribution in [3.8, 4) is 0 Å². The molecule has 0 aliphatic rings. The first-order valence-corrected chi connectivity index (χ1v) is 17.9. The van der Waals surface area contributed by atoms with Crippen LogP contribution in [0.1, 0.15) is 90.0 Å². The molecule has 0 heterocycles. The Balaban J connectivity index is 0. The molecular weight excluding hydrogens is 592 g/mol. The van der Waals surface area contributed by atoms with Crippen molar-refractivity contribution in [2.45, 2.75) is 114 Å². The van der Waals surface area contributed by atoms with E-state index < -0.39 is 52.2 Å². The Kier molecular flexibility index (Phi) is 19.1. The molecule has 250 valence electrons. The van der Waals surface area contributed by atoms with Gasteiger partial charge in [-0.15, -0.1) is 0 Å². The normalized spacial score (nSPS) is 14.4. The zero-order valence-electron chi connectivity index (χ0n) is 27.9. The highest BCUT2D eigenvalue weighted by atomic mass is 31.2. The summed E-state index contributed by atoms with van der Waals surface area (Å²) in [6.45, 7) is 23.9. The number of hydrogen-bond acceptors (Lipinski definition) is 12. The fourth-order valence-electron chi connectivity index (χ4n) is 3.22. The molecule has 0 aliphatic heterocycles. The van der Waals surface area contributed by atoms with Crippen molar-refractivity contribution in [1.29, 1.82) is 0 Å². The van der Waals surface area contributed by atoms with Gasteiger partial charge in [-0.3, -0.25) is 23.5 Å². The topological polar surface area (TPSA) is 162 Å². The minimum Gasteiger partial charge on any atom is -0.462 e. The standard InChI is InChI=1S/C15H29O9P.C12H26NO3P/c1-11(2)23-13(16)19-9-21-25(18,8-15(5,6)7)22-10-20-14(17)24-12(3)4;1-9(2)16-11(14)10(3)13-17(7,15)8-12(4,5)6/h11-12H,8-10H2,1-7H3;9-10H,8H2,1-7H3,(H,13,15)/t;10-,17?/m.0/s1. The van der Waals surface area contributed by atoms with Crippen LogP contribution in [-0.2, 0) is 46.7 Å².